The molecule has 0 radical (unpaired) electrons. The van der Waals surface area contributed by atoms with E-state index >= 15 is 0 Å². The van der Waals surface area contributed by atoms with Gasteiger partial charge in [-0.3, -0.25) is 10.1 Å². The number of nitrogens with zero attached hydrogens (tertiary/aromatic N) is 2. The van der Waals surface area contributed by atoms with Gasteiger partial charge in [-0.25, -0.2) is 17.5 Å². The maximum atomic E-state index is 12.4. The highest BCUT2D eigenvalue weighted by atomic mass is 32.2. The van der Waals surface area contributed by atoms with Gasteiger partial charge in [-0.2, -0.15) is 0 Å². The normalized spacial score (nSPS) is 11.3. The van der Waals surface area contributed by atoms with E-state index in [0.29, 0.717) is 5.56 Å². The molecule has 0 atom stereocenters. The topological polar surface area (TPSA) is 116 Å². The van der Waals surface area contributed by atoms with E-state index in [-0.39, 0.29) is 27.6 Å². The van der Waals surface area contributed by atoms with Crippen molar-refractivity contribution in [2.24, 2.45) is 0 Å². The van der Waals surface area contributed by atoms with Gasteiger partial charge in [-0.05, 0) is 37.3 Å². The number of methoxy groups -OCH3 is 1. The molecule has 10 heteroatoms. The maximum Gasteiger partial charge on any atom is 0.343 e. The number of carbonyl (C=O) groups is 1. The Labute approximate surface area is 156 Å². The summed E-state index contributed by atoms with van der Waals surface area (Å²) in [6.07, 6.45) is 0. The number of aryl methyl sites for hydroxylation is 1. The summed E-state index contributed by atoms with van der Waals surface area (Å²) >= 11 is 0. The average Bonchev–Trinajstić information content (AvgIpc) is 2.60. The quantitative estimate of drug-likeness (QED) is 0.320. The molecule has 2 aromatic carbocycles. The lowest BCUT2D eigenvalue weighted by molar-refractivity contribution is -0.385. The van der Waals surface area contributed by atoms with Crippen molar-refractivity contribution in [2.45, 2.75) is 11.8 Å². The van der Waals surface area contributed by atoms with Crippen molar-refractivity contribution >= 4 is 21.7 Å². The van der Waals surface area contributed by atoms with Crippen molar-refractivity contribution in [3.8, 4) is 11.5 Å². The van der Waals surface area contributed by atoms with Gasteiger partial charge in [0.05, 0.1) is 17.6 Å². The van der Waals surface area contributed by atoms with Crippen LogP contribution in [-0.4, -0.2) is 44.8 Å². The Balaban J connectivity index is 2.37. The number of nitro benzene ring substituents is 1. The lowest BCUT2D eigenvalue weighted by Gasteiger charge is -2.15. The molecule has 0 aliphatic rings. The van der Waals surface area contributed by atoms with Crippen molar-refractivity contribution < 1.29 is 27.6 Å². The first-order valence-corrected chi connectivity index (χ1v) is 9.09. The SMILES string of the molecule is COc1ccc(C(=O)Oc2ccc([N+](=O)[O-])c(C)c2)cc1S(=O)(=O)N(C)C. The highest BCUT2D eigenvalue weighted by Gasteiger charge is 2.24. The molecule has 2 aromatic rings. The zero-order chi connectivity index (χ0) is 20.4. The molecule has 0 fully saturated rings. The predicted molar refractivity (Wildman–Crippen MR) is 96.7 cm³/mol. The minimum absolute atomic E-state index is 0.00719. The molecule has 0 saturated carbocycles. The summed E-state index contributed by atoms with van der Waals surface area (Å²) in [7, 11) is 0.197. The van der Waals surface area contributed by atoms with E-state index in [0.717, 1.165) is 10.4 Å². The van der Waals surface area contributed by atoms with Crippen molar-refractivity contribution in [2.75, 3.05) is 21.2 Å². The van der Waals surface area contributed by atoms with E-state index in [1.54, 1.807) is 0 Å². The number of rotatable bonds is 6. The molecule has 0 saturated heterocycles. The van der Waals surface area contributed by atoms with Crippen LogP contribution in [0.15, 0.2) is 41.3 Å². The fraction of sp³-hybridized carbons (Fsp3) is 0.235. The van der Waals surface area contributed by atoms with E-state index in [4.69, 9.17) is 9.47 Å². The van der Waals surface area contributed by atoms with Crippen LogP contribution in [0.3, 0.4) is 0 Å². The first-order valence-electron chi connectivity index (χ1n) is 7.65. The van der Waals surface area contributed by atoms with Gasteiger partial charge in [-0.15, -0.1) is 0 Å². The van der Waals surface area contributed by atoms with Gasteiger partial charge in [0.25, 0.3) is 5.69 Å². The predicted octanol–water partition coefficient (Wildman–Crippen LogP) is 2.38. The molecule has 9 nitrogen and oxygen atoms in total. The third-order valence-corrected chi connectivity index (χ3v) is 5.57. The molecule has 0 N–H and O–H groups in total. The summed E-state index contributed by atoms with van der Waals surface area (Å²) in [4.78, 5) is 22.5. The zero-order valence-electron chi connectivity index (χ0n) is 15.1. The van der Waals surface area contributed by atoms with Crippen molar-refractivity contribution in [1.29, 1.82) is 0 Å². The first-order chi connectivity index (χ1) is 12.6. The summed E-state index contributed by atoms with van der Waals surface area (Å²) in [6.45, 7) is 1.52. The lowest BCUT2D eigenvalue weighted by atomic mass is 10.2. The highest BCUT2D eigenvalue weighted by Crippen LogP contribution is 2.28. The molecule has 0 unspecified atom stereocenters. The van der Waals surface area contributed by atoms with E-state index in [1.165, 1.54) is 58.5 Å². The summed E-state index contributed by atoms with van der Waals surface area (Å²) in [5.41, 5.74) is 0.224. The van der Waals surface area contributed by atoms with Crippen molar-refractivity contribution in [1.82, 2.24) is 4.31 Å². The zero-order valence-corrected chi connectivity index (χ0v) is 15.9. The molecular weight excluding hydrogens is 376 g/mol. The van der Waals surface area contributed by atoms with Gasteiger partial charge < -0.3 is 9.47 Å². The largest absolute Gasteiger partial charge is 0.495 e. The van der Waals surface area contributed by atoms with E-state index in [1.807, 2.05) is 0 Å². The fourth-order valence-corrected chi connectivity index (χ4v) is 3.34. The van der Waals surface area contributed by atoms with Gasteiger partial charge in [0.15, 0.2) is 0 Å². The number of ether oxygens (including phenoxy) is 2. The second kappa shape index (κ2) is 7.72. The number of nitro groups is 1. The second-order valence-electron chi connectivity index (χ2n) is 5.75. The summed E-state index contributed by atoms with van der Waals surface area (Å²) in [6, 6.07) is 7.77. The Morgan fingerprint density at radius 1 is 1.15 bits per heavy atom. The summed E-state index contributed by atoms with van der Waals surface area (Å²) in [5.74, 6) is -0.608. The molecule has 0 aliphatic heterocycles. The van der Waals surface area contributed by atoms with Crippen LogP contribution in [0, 0.1) is 17.0 Å². The number of benzene rings is 2. The molecular formula is C17H18N2O7S. The second-order valence-corrected chi connectivity index (χ2v) is 7.87. The Morgan fingerprint density at radius 2 is 1.81 bits per heavy atom. The van der Waals surface area contributed by atoms with Crippen LogP contribution < -0.4 is 9.47 Å². The van der Waals surface area contributed by atoms with Crippen LogP contribution in [0.5, 0.6) is 11.5 Å². The van der Waals surface area contributed by atoms with Crippen molar-refractivity contribution in [3.05, 3.63) is 57.6 Å². The Kier molecular flexibility index (Phi) is 5.82. The molecule has 0 aliphatic carbocycles. The van der Waals surface area contributed by atoms with E-state index in [2.05, 4.69) is 0 Å². The van der Waals surface area contributed by atoms with Crippen LogP contribution in [0.2, 0.25) is 0 Å². The minimum atomic E-state index is -3.84. The monoisotopic (exact) mass is 394 g/mol. The first kappa shape index (κ1) is 20.3. The van der Waals surface area contributed by atoms with Crippen LogP contribution in [0.4, 0.5) is 5.69 Å². The number of hydrogen-bond donors (Lipinski definition) is 0. The van der Waals surface area contributed by atoms with Crippen LogP contribution >= 0.6 is 0 Å². The number of esters is 1. The standard InChI is InChI=1S/C17H18N2O7S/c1-11-9-13(6-7-14(11)19(21)22)26-17(20)12-5-8-15(25-4)16(10-12)27(23,24)18(2)3/h5-10H,1-4H3. The molecule has 0 bridgehead atoms. The number of hydrogen-bond acceptors (Lipinski definition) is 7. The van der Waals surface area contributed by atoms with Gasteiger partial charge in [0.2, 0.25) is 10.0 Å². The van der Waals surface area contributed by atoms with Crippen LogP contribution in [0.1, 0.15) is 15.9 Å². The molecule has 144 valence electrons. The maximum absolute atomic E-state index is 12.4. The smallest absolute Gasteiger partial charge is 0.343 e. The molecule has 0 heterocycles. The number of carbonyl (C=O) groups excluding carboxylic acids is 1. The van der Waals surface area contributed by atoms with Gasteiger partial charge >= 0.3 is 5.97 Å². The minimum Gasteiger partial charge on any atom is -0.495 e. The third-order valence-electron chi connectivity index (χ3n) is 3.73. The highest BCUT2D eigenvalue weighted by molar-refractivity contribution is 7.89. The Bertz CT molecular complexity index is 1000. The van der Waals surface area contributed by atoms with Gasteiger partial charge in [0, 0.05) is 25.7 Å². The summed E-state index contributed by atoms with van der Waals surface area (Å²) < 4.78 is 36.1. The molecule has 27 heavy (non-hydrogen) atoms. The van der Waals surface area contributed by atoms with Crippen molar-refractivity contribution in [3.63, 3.8) is 0 Å². The molecule has 0 spiro atoms. The van der Waals surface area contributed by atoms with Crippen LogP contribution in [-0.2, 0) is 10.0 Å². The summed E-state index contributed by atoms with van der Waals surface area (Å²) in [5, 5.41) is 10.8. The lowest BCUT2D eigenvalue weighted by Crippen LogP contribution is -2.23. The third kappa shape index (κ3) is 4.23. The average molecular weight is 394 g/mol. The number of sulfonamides is 1. The van der Waals surface area contributed by atoms with Gasteiger partial charge in [-0.1, -0.05) is 0 Å². The van der Waals surface area contributed by atoms with E-state index < -0.39 is 20.9 Å². The Hall–Kier alpha value is -2.98. The molecule has 2 rings (SSSR count). The molecule has 0 amide bonds. The van der Waals surface area contributed by atoms with E-state index in [9.17, 15) is 23.3 Å². The van der Waals surface area contributed by atoms with Gasteiger partial charge in [0.1, 0.15) is 16.4 Å². The Morgan fingerprint density at radius 3 is 2.33 bits per heavy atom. The fourth-order valence-electron chi connectivity index (χ4n) is 2.26. The van der Waals surface area contributed by atoms with Crippen LogP contribution in [0.25, 0.3) is 0 Å². The molecule has 0 aromatic heterocycles.